The van der Waals surface area contributed by atoms with E-state index in [2.05, 4.69) is 20.7 Å². The van der Waals surface area contributed by atoms with Gasteiger partial charge in [-0.2, -0.15) is 4.72 Å². The monoisotopic (exact) mass is 383 g/mol. The van der Waals surface area contributed by atoms with Gasteiger partial charge in [0.2, 0.25) is 10.0 Å². The highest BCUT2D eigenvalue weighted by molar-refractivity contribution is 9.10. The first-order chi connectivity index (χ1) is 10.4. The summed E-state index contributed by atoms with van der Waals surface area (Å²) in [6.07, 6.45) is 0. The molecule has 0 aliphatic heterocycles. The molecular formula is C15H14BrNO4S. The molecule has 0 aliphatic rings. The minimum absolute atomic E-state index is 0.0699. The Labute approximate surface area is 137 Å². The van der Waals surface area contributed by atoms with Crippen molar-refractivity contribution in [2.75, 3.05) is 7.11 Å². The summed E-state index contributed by atoms with van der Waals surface area (Å²) in [5.74, 6) is -0.674. The van der Waals surface area contributed by atoms with Gasteiger partial charge in [-0.05, 0) is 29.8 Å². The number of sulfonamides is 1. The normalized spacial score (nSPS) is 12.6. The zero-order chi connectivity index (χ0) is 16.2. The molecule has 7 heteroatoms. The van der Waals surface area contributed by atoms with Crippen molar-refractivity contribution in [3.05, 3.63) is 64.6 Å². The van der Waals surface area contributed by atoms with Gasteiger partial charge in [0.15, 0.2) is 0 Å². The van der Waals surface area contributed by atoms with E-state index in [1.165, 1.54) is 19.2 Å². The zero-order valence-electron chi connectivity index (χ0n) is 11.7. The fourth-order valence-electron chi connectivity index (χ4n) is 1.85. The average Bonchev–Trinajstić information content (AvgIpc) is 2.53. The smallest absolute Gasteiger partial charge is 0.328 e. The van der Waals surface area contributed by atoms with Crippen molar-refractivity contribution < 1.29 is 17.9 Å². The third kappa shape index (κ3) is 3.94. The van der Waals surface area contributed by atoms with Crippen molar-refractivity contribution in [1.82, 2.24) is 4.72 Å². The standard InChI is InChI=1S/C15H14BrNO4S/c1-21-15(18)14(11-5-3-2-4-6-11)17-22(19,20)13-9-7-12(16)8-10-13/h2-10,14,17H,1H3. The lowest BCUT2D eigenvalue weighted by Gasteiger charge is -2.17. The molecule has 1 unspecified atom stereocenters. The number of carbonyl (C=O) groups excluding carboxylic acids is 1. The van der Waals surface area contributed by atoms with E-state index in [9.17, 15) is 13.2 Å². The van der Waals surface area contributed by atoms with Crippen molar-refractivity contribution in [3.8, 4) is 0 Å². The van der Waals surface area contributed by atoms with E-state index >= 15 is 0 Å². The molecule has 0 saturated carbocycles. The van der Waals surface area contributed by atoms with Gasteiger partial charge in [-0.1, -0.05) is 46.3 Å². The van der Waals surface area contributed by atoms with Gasteiger partial charge >= 0.3 is 5.97 Å². The summed E-state index contributed by atoms with van der Waals surface area (Å²) in [5, 5.41) is 0. The van der Waals surface area contributed by atoms with Crippen molar-refractivity contribution in [2.45, 2.75) is 10.9 Å². The van der Waals surface area contributed by atoms with Crippen LogP contribution in [0.25, 0.3) is 0 Å². The number of carbonyl (C=O) groups is 1. The second-order valence-corrected chi connectivity index (χ2v) is 7.07. The molecule has 0 fully saturated rings. The van der Waals surface area contributed by atoms with Gasteiger partial charge in [-0.25, -0.2) is 13.2 Å². The quantitative estimate of drug-likeness (QED) is 0.805. The molecule has 22 heavy (non-hydrogen) atoms. The number of hydrogen-bond acceptors (Lipinski definition) is 4. The fourth-order valence-corrected chi connectivity index (χ4v) is 3.29. The van der Waals surface area contributed by atoms with E-state index in [1.54, 1.807) is 42.5 Å². The maximum absolute atomic E-state index is 12.4. The van der Waals surface area contributed by atoms with Crippen LogP contribution in [0, 0.1) is 0 Å². The topological polar surface area (TPSA) is 72.5 Å². The van der Waals surface area contributed by atoms with Gasteiger partial charge in [-0.3, -0.25) is 0 Å². The lowest BCUT2D eigenvalue weighted by Crippen LogP contribution is -2.34. The molecule has 0 aliphatic carbocycles. The molecule has 0 heterocycles. The Morgan fingerprint density at radius 2 is 1.68 bits per heavy atom. The van der Waals surface area contributed by atoms with Gasteiger partial charge in [0.25, 0.3) is 0 Å². The fraction of sp³-hybridized carbons (Fsp3) is 0.133. The molecule has 0 aromatic heterocycles. The molecule has 116 valence electrons. The lowest BCUT2D eigenvalue weighted by atomic mass is 10.1. The molecule has 0 radical (unpaired) electrons. The third-order valence-electron chi connectivity index (χ3n) is 2.97. The van der Waals surface area contributed by atoms with Gasteiger partial charge < -0.3 is 4.74 Å². The molecular weight excluding hydrogens is 370 g/mol. The van der Waals surface area contributed by atoms with E-state index in [0.29, 0.717) is 5.56 Å². The molecule has 1 N–H and O–H groups in total. The van der Waals surface area contributed by atoms with Crippen LogP contribution in [0.4, 0.5) is 0 Å². The molecule has 0 saturated heterocycles. The van der Waals surface area contributed by atoms with E-state index in [1.807, 2.05) is 0 Å². The van der Waals surface area contributed by atoms with Crippen LogP contribution in [0.15, 0.2) is 64.0 Å². The van der Waals surface area contributed by atoms with Crippen LogP contribution >= 0.6 is 15.9 Å². The summed E-state index contributed by atoms with van der Waals surface area (Å²) in [5.41, 5.74) is 0.509. The Bertz CT molecular complexity index is 745. The number of halogens is 1. The van der Waals surface area contributed by atoms with Gasteiger partial charge in [0, 0.05) is 4.47 Å². The van der Waals surface area contributed by atoms with Crippen LogP contribution < -0.4 is 4.72 Å². The van der Waals surface area contributed by atoms with Gasteiger partial charge in [0.05, 0.1) is 12.0 Å². The lowest BCUT2D eigenvalue weighted by molar-refractivity contribution is -0.142. The number of nitrogens with one attached hydrogen (secondary N) is 1. The Morgan fingerprint density at radius 1 is 1.09 bits per heavy atom. The maximum atomic E-state index is 12.4. The number of hydrogen-bond donors (Lipinski definition) is 1. The van der Waals surface area contributed by atoms with Gasteiger partial charge in [-0.15, -0.1) is 0 Å². The van der Waals surface area contributed by atoms with Crippen LogP contribution in [-0.2, 0) is 19.6 Å². The van der Waals surface area contributed by atoms with Crippen molar-refractivity contribution >= 4 is 31.9 Å². The number of benzene rings is 2. The first kappa shape index (κ1) is 16.7. The van der Waals surface area contributed by atoms with E-state index < -0.39 is 22.0 Å². The van der Waals surface area contributed by atoms with Crippen molar-refractivity contribution in [1.29, 1.82) is 0 Å². The van der Waals surface area contributed by atoms with Crippen LogP contribution in [0.1, 0.15) is 11.6 Å². The summed E-state index contributed by atoms with van der Waals surface area (Å²) in [6.45, 7) is 0. The molecule has 2 aromatic rings. The first-order valence-corrected chi connectivity index (χ1v) is 8.62. The first-order valence-electron chi connectivity index (χ1n) is 6.35. The number of methoxy groups -OCH3 is 1. The van der Waals surface area contributed by atoms with Crippen LogP contribution in [0.3, 0.4) is 0 Å². The number of esters is 1. The number of rotatable bonds is 5. The Hall–Kier alpha value is -1.70. The molecule has 2 aromatic carbocycles. The van der Waals surface area contributed by atoms with E-state index in [-0.39, 0.29) is 4.90 Å². The summed E-state index contributed by atoms with van der Waals surface area (Å²) in [6, 6.07) is 13.6. The highest BCUT2D eigenvalue weighted by atomic mass is 79.9. The Morgan fingerprint density at radius 3 is 2.23 bits per heavy atom. The van der Waals surface area contributed by atoms with Crippen LogP contribution in [-0.4, -0.2) is 21.5 Å². The van der Waals surface area contributed by atoms with Gasteiger partial charge in [0.1, 0.15) is 6.04 Å². The third-order valence-corrected chi connectivity index (χ3v) is 4.93. The zero-order valence-corrected chi connectivity index (χ0v) is 14.1. The second-order valence-electron chi connectivity index (χ2n) is 4.44. The SMILES string of the molecule is COC(=O)C(NS(=O)(=O)c1ccc(Br)cc1)c1ccccc1. The largest absolute Gasteiger partial charge is 0.468 e. The summed E-state index contributed by atoms with van der Waals surface area (Å²) < 4.78 is 32.7. The molecule has 2 rings (SSSR count). The summed E-state index contributed by atoms with van der Waals surface area (Å²) in [7, 11) is -2.64. The minimum atomic E-state index is -3.85. The van der Waals surface area contributed by atoms with E-state index in [0.717, 1.165) is 4.47 Å². The second kappa shape index (κ2) is 7.04. The van der Waals surface area contributed by atoms with Crippen LogP contribution in [0.5, 0.6) is 0 Å². The Balaban J connectivity index is 2.34. The highest BCUT2D eigenvalue weighted by Gasteiger charge is 2.27. The predicted octanol–water partition coefficient (Wildman–Crippen LogP) is 2.64. The minimum Gasteiger partial charge on any atom is -0.468 e. The average molecular weight is 384 g/mol. The number of ether oxygens (including phenoxy) is 1. The van der Waals surface area contributed by atoms with Crippen molar-refractivity contribution in [2.24, 2.45) is 0 Å². The predicted molar refractivity (Wildman–Crippen MR) is 85.7 cm³/mol. The summed E-state index contributed by atoms with van der Waals surface area (Å²) >= 11 is 3.24. The highest BCUT2D eigenvalue weighted by Crippen LogP contribution is 2.20. The summed E-state index contributed by atoms with van der Waals surface area (Å²) in [4.78, 5) is 12.0. The van der Waals surface area contributed by atoms with E-state index in [4.69, 9.17) is 4.74 Å². The molecule has 1 atom stereocenters. The Kier molecular flexibility index (Phi) is 5.33. The molecule has 0 amide bonds. The molecule has 5 nitrogen and oxygen atoms in total. The molecule has 0 bridgehead atoms. The van der Waals surface area contributed by atoms with Crippen molar-refractivity contribution in [3.63, 3.8) is 0 Å². The maximum Gasteiger partial charge on any atom is 0.328 e. The van der Waals surface area contributed by atoms with Crippen LogP contribution in [0.2, 0.25) is 0 Å². The molecule has 0 spiro atoms.